The fraction of sp³-hybridized carbons (Fsp3) is 0.235. The number of amides is 1. The summed E-state index contributed by atoms with van der Waals surface area (Å²) in [6.07, 6.45) is 0. The monoisotopic (exact) mass is 282 g/mol. The second-order valence-electron chi connectivity index (χ2n) is 5.30. The van der Waals surface area contributed by atoms with Gasteiger partial charge in [0.05, 0.1) is 13.2 Å². The van der Waals surface area contributed by atoms with Crippen molar-refractivity contribution < 1.29 is 9.53 Å². The molecule has 1 atom stereocenters. The minimum Gasteiger partial charge on any atom is -0.497 e. The van der Waals surface area contributed by atoms with E-state index in [4.69, 9.17) is 10.5 Å². The van der Waals surface area contributed by atoms with E-state index in [-0.39, 0.29) is 11.9 Å². The van der Waals surface area contributed by atoms with Crippen LogP contribution in [0.25, 0.3) is 0 Å². The number of methoxy groups -OCH3 is 1. The van der Waals surface area contributed by atoms with Crippen molar-refractivity contribution in [2.45, 2.75) is 19.5 Å². The standard InChI is InChI=1S/C17H18N2O2/c1-11(12-4-3-5-15(8-12)21-2)19-10-13-6-7-14(18)9-16(13)17(19)20/h3-9,11H,10,18H2,1-2H3/t11-/m1/s1. The van der Waals surface area contributed by atoms with Crippen LogP contribution in [0.15, 0.2) is 42.5 Å². The molecule has 108 valence electrons. The Bertz CT molecular complexity index is 697. The Hall–Kier alpha value is -2.49. The molecular formula is C17H18N2O2. The minimum atomic E-state index is -0.0128. The molecule has 0 spiro atoms. The van der Waals surface area contributed by atoms with Gasteiger partial charge in [0.1, 0.15) is 5.75 Å². The third kappa shape index (κ3) is 2.33. The first-order valence-corrected chi connectivity index (χ1v) is 6.93. The first-order chi connectivity index (χ1) is 10.1. The van der Waals surface area contributed by atoms with E-state index < -0.39 is 0 Å². The second kappa shape index (κ2) is 5.13. The number of ether oxygens (including phenoxy) is 1. The number of nitrogens with two attached hydrogens (primary N) is 1. The summed E-state index contributed by atoms with van der Waals surface area (Å²) >= 11 is 0. The molecule has 0 saturated heterocycles. The third-order valence-corrected chi connectivity index (χ3v) is 4.01. The molecule has 0 aliphatic carbocycles. The Kier molecular flexibility index (Phi) is 3.29. The lowest BCUT2D eigenvalue weighted by molar-refractivity contribution is 0.0715. The van der Waals surface area contributed by atoms with Crippen molar-refractivity contribution in [2.24, 2.45) is 0 Å². The molecule has 2 aromatic rings. The van der Waals surface area contributed by atoms with Gasteiger partial charge in [0.15, 0.2) is 0 Å². The van der Waals surface area contributed by atoms with Crippen molar-refractivity contribution >= 4 is 11.6 Å². The molecule has 0 fully saturated rings. The molecule has 1 aliphatic rings. The maximum atomic E-state index is 12.6. The lowest BCUT2D eigenvalue weighted by Crippen LogP contribution is -2.27. The van der Waals surface area contributed by atoms with Crippen LogP contribution in [0.1, 0.15) is 34.5 Å². The molecule has 2 aromatic carbocycles. The van der Waals surface area contributed by atoms with Crippen LogP contribution in [0.4, 0.5) is 5.69 Å². The van der Waals surface area contributed by atoms with Crippen LogP contribution in [0, 0.1) is 0 Å². The fourth-order valence-electron chi connectivity index (χ4n) is 2.74. The number of rotatable bonds is 3. The van der Waals surface area contributed by atoms with Crippen LogP contribution >= 0.6 is 0 Å². The molecule has 1 heterocycles. The van der Waals surface area contributed by atoms with E-state index in [2.05, 4.69) is 0 Å². The van der Waals surface area contributed by atoms with Gasteiger partial charge in [0, 0.05) is 17.8 Å². The van der Waals surface area contributed by atoms with Crippen molar-refractivity contribution in [1.29, 1.82) is 0 Å². The smallest absolute Gasteiger partial charge is 0.255 e. The SMILES string of the molecule is COc1cccc([C@@H](C)N2Cc3ccc(N)cc3C2=O)c1. The molecule has 3 rings (SSSR count). The fourth-order valence-corrected chi connectivity index (χ4v) is 2.74. The molecule has 0 radical (unpaired) electrons. The van der Waals surface area contributed by atoms with Gasteiger partial charge in [-0.3, -0.25) is 4.79 Å². The van der Waals surface area contributed by atoms with Crippen molar-refractivity contribution in [2.75, 3.05) is 12.8 Å². The number of anilines is 1. The molecule has 0 bridgehead atoms. The van der Waals surface area contributed by atoms with Gasteiger partial charge in [-0.15, -0.1) is 0 Å². The molecule has 2 N–H and O–H groups in total. The van der Waals surface area contributed by atoms with E-state index in [0.717, 1.165) is 16.9 Å². The quantitative estimate of drug-likeness (QED) is 0.880. The molecule has 1 amide bonds. The second-order valence-corrected chi connectivity index (χ2v) is 5.30. The van der Waals surface area contributed by atoms with Crippen molar-refractivity contribution in [3.63, 3.8) is 0 Å². The first kappa shape index (κ1) is 13.5. The predicted molar refractivity (Wildman–Crippen MR) is 82.1 cm³/mol. The molecule has 4 heteroatoms. The number of fused-ring (bicyclic) bond motifs is 1. The topological polar surface area (TPSA) is 55.6 Å². The maximum Gasteiger partial charge on any atom is 0.255 e. The third-order valence-electron chi connectivity index (χ3n) is 4.01. The van der Waals surface area contributed by atoms with Gasteiger partial charge >= 0.3 is 0 Å². The summed E-state index contributed by atoms with van der Waals surface area (Å²) in [4.78, 5) is 14.4. The zero-order chi connectivity index (χ0) is 15.0. The van der Waals surface area contributed by atoms with Gasteiger partial charge < -0.3 is 15.4 Å². The number of carbonyl (C=O) groups excluding carboxylic acids is 1. The Balaban J connectivity index is 1.90. The van der Waals surface area contributed by atoms with Crippen LogP contribution < -0.4 is 10.5 Å². The molecule has 4 nitrogen and oxygen atoms in total. The maximum absolute atomic E-state index is 12.6. The zero-order valence-electron chi connectivity index (χ0n) is 12.2. The van der Waals surface area contributed by atoms with Gasteiger partial charge in [0.2, 0.25) is 0 Å². The van der Waals surface area contributed by atoms with Crippen LogP contribution in [0.3, 0.4) is 0 Å². The van der Waals surface area contributed by atoms with E-state index in [1.165, 1.54) is 0 Å². The van der Waals surface area contributed by atoms with E-state index in [0.29, 0.717) is 17.8 Å². The zero-order valence-corrected chi connectivity index (χ0v) is 12.2. The summed E-state index contributed by atoms with van der Waals surface area (Å²) in [5, 5.41) is 0. The average molecular weight is 282 g/mol. The van der Waals surface area contributed by atoms with Gasteiger partial charge in [-0.1, -0.05) is 18.2 Å². The highest BCUT2D eigenvalue weighted by atomic mass is 16.5. The summed E-state index contributed by atoms with van der Waals surface area (Å²) in [7, 11) is 1.64. The van der Waals surface area contributed by atoms with Crippen LogP contribution in [0.5, 0.6) is 5.75 Å². The highest BCUT2D eigenvalue weighted by Gasteiger charge is 2.31. The Labute approximate surface area is 124 Å². The lowest BCUT2D eigenvalue weighted by Gasteiger charge is -2.25. The molecule has 0 saturated carbocycles. The van der Waals surface area contributed by atoms with Gasteiger partial charge in [0.25, 0.3) is 5.91 Å². The summed E-state index contributed by atoms with van der Waals surface area (Å²) < 4.78 is 5.25. The number of carbonyl (C=O) groups is 1. The Morgan fingerprint density at radius 2 is 2.05 bits per heavy atom. The average Bonchev–Trinajstić information content (AvgIpc) is 2.83. The summed E-state index contributed by atoms with van der Waals surface area (Å²) in [6, 6.07) is 13.3. The number of hydrogen-bond donors (Lipinski definition) is 1. The van der Waals surface area contributed by atoms with E-state index in [1.807, 2.05) is 48.2 Å². The van der Waals surface area contributed by atoms with Gasteiger partial charge in [-0.25, -0.2) is 0 Å². The van der Waals surface area contributed by atoms with E-state index in [1.54, 1.807) is 13.2 Å². The minimum absolute atomic E-state index is 0.0128. The molecule has 0 unspecified atom stereocenters. The van der Waals surface area contributed by atoms with Crippen LogP contribution in [-0.2, 0) is 6.54 Å². The van der Waals surface area contributed by atoms with Crippen LogP contribution in [0.2, 0.25) is 0 Å². The van der Waals surface area contributed by atoms with Crippen LogP contribution in [-0.4, -0.2) is 17.9 Å². The molecule has 0 aromatic heterocycles. The first-order valence-electron chi connectivity index (χ1n) is 6.93. The molecular weight excluding hydrogens is 264 g/mol. The normalized spacial score (nSPS) is 15.0. The summed E-state index contributed by atoms with van der Waals surface area (Å²) in [5.74, 6) is 0.834. The Morgan fingerprint density at radius 3 is 2.81 bits per heavy atom. The predicted octanol–water partition coefficient (Wildman–Crippen LogP) is 2.99. The summed E-state index contributed by atoms with van der Waals surface area (Å²) in [6.45, 7) is 2.65. The van der Waals surface area contributed by atoms with Crippen molar-refractivity contribution in [3.8, 4) is 5.75 Å². The molecule has 1 aliphatic heterocycles. The number of nitrogens with zero attached hydrogens (tertiary/aromatic N) is 1. The van der Waals surface area contributed by atoms with Crippen molar-refractivity contribution in [3.05, 3.63) is 59.2 Å². The van der Waals surface area contributed by atoms with Crippen molar-refractivity contribution in [1.82, 2.24) is 4.90 Å². The van der Waals surface area contributed by atoms with Gasteiger partial charge in [-0.2, -0.15) is 0 Å². The van der Waals surface area contributed by atoms with Gasteiger partial charge in [-0.05, 0) is 42.3 Å². The highest BCUT2D eigenvalue weighted by Crippen LogP contribution is 2.32. The lowest BCUT2D eigenvalue weighted by atomic mass is 10.1. The van der Waals surface area contributed by atoms with E-state index >= 15 is 0 Å². The van der Waals surface area contributed by atoms with E-state index in [9.17, 15) is 4.79 Å². The Morgan fingerprint density at radius 1 is 1.24 bits per heavy atom. The number of benzene rings is 2. The summed E-state index contributed by atoms with van der Waals surface area (Å²) in [5.41, 5.74) is 9.20. The highest BCUT2D eigenvalue weighted by molar-refractivity contribution is 5.99. The number of hydrogen-bond acceptors (Lipinski definition) is 3. The molecule has 21 heavy (non-hydrogen) atoms. The number of nitrogen functional groups attached to an aromatic ring is 1. The largest absolute Gasteiger partial charge is 0.497 e.